The highest BCUT2D eigenvalue weighted by molar-refractivity contribution is 5.38. The van der Waals surface area contributed by atoms with E-state index in [1.54, 1.807) is 29.2 Å². The smallest absolute Gasteiger partial charge is 0.157 e. The average molecular weight is 144 g/mol. The number of fused-ring (bicyclic) bond motifs is 1. The largest absolute Gasteiger partial charge is 0.291 e. The van der Waals surface area contributed by atoms with E-state index in [-0.39, 0.29) is 0 Å². The zero-order valence-electron chi connectivity index (χ0n) is 5.60. The van der Waals surface area contributed by atoms with Gasteiger partial charge >= 0.3 is 0 Å². The molecule has 0 fully saturated rings. The van der Waals surface area contributed by atoms with Crippen LogP contribution in [0.2, 0.25) is 0 Å². The second-order valence-corrected chi connectivity index (χ2v) is 2.08. The second-order valence-electron chi connectivity index (χ2n) is 2.08. The molecule has 0 atom stereocenters. The van der Waals surface area contributed by atoms with E-state index in [0.29, 0.717) is 11.3 Å². The molecule has 2 aromatic heterocycles. The van der Waals surface area contributed by atoms with Crippen LogP contribution < -0.4 is 0 Å². The standard InChI is InChI=1S/C7H4N4/c8-3-6-1-2-11-5-9-4-7(11)10-6/h1-2,4-5H. The molecule has 0 aromatic carbocycles. The van der Waals surface area contributed by atoms with Gasteiger partial charge in [-0.3, -0.25) is 4.40 Å². The summed E-state index contributed by atoms with van der Waals surface area (Å²) in [6.07, 6.45) is 5.01. The Morgan fingerprint density at radius 3 is 3.27 bits per heavy atom. The van der Waals surface area contributed by atoms with E-state index in [2.05, 4.69) is 9.97 Å². The Bertz CT molecular complexity index is 423. The highest BCUT2D eigenvalue weighted by Gasteiger charge is 1.94. The van der Waals surface area contributed by atoms with Gasteiger partial charge in [-0.1, -0.05) is 0 Å². The molecule has 0 aliphatic heterocycles. The van der Waals surface area contributed by atoms with Crippen molar-refractivity contribution in [3.8, 4) is 6.07 Å². The Morgan fingerprint density at radius 1 is 1.55 bits per heavy atom. The van der Waals surface area contributed by atoms with Crippen molar-refractivity contribution in [2.75, 3.05) is 0 Å². The molecule has 0 unspecified atom stereocenters. The lowest BCUT2D eigenvalue weighted by atomic mass is 10.4. The van der Waals surface area contributed by atoms with Crippen molar-refractivity contribution in [2.45, 2.75) is 0 Å². The summed E-state index contributed by atoms with van der Waals surface area (Å²) in [4.78, 5) is 7.86. The van der Waals surface area contributed by atoms with Crippen LogP contribution in [0.3, 0.4) is 0 Å². The topological polar surface area (TPSA) is 54.0 Å². The highest BCUT2D eigenvalue weighted by Crippen LogP contribution is 1.98. The minimum absolute atomic E-state index is 0.415. The molecule has 0 bridgehead atoms. The van der Waals surface area contributed by atoms with Gasteiger partial charge in [0.25, 0.3) is 0 Å². The van der Waals surface area contributed by atoms with E-state index < -0.39 is 0 Å². The maximum atomic E-state index is 8.49. The quantitative estimate of drug-likeness (QED) is 0.544. The maximum Gasteiger partial charge on any atom is 0.157 e. The molecular weight excluding hydrogens is 140 g/mol. The lowest BCUT2D eigenvalue weighted by Crippen LogP contribution is -1.87. The van der Waals surface area contributed by atoms with E-state index in [0.717, 1.165) is 0 Å². The molecule has 0 spiro atoms. The summed E-state index contributed by atoms with van der Waals surface area (Å²) in [5.74, 6) is 0. The first-order chi connectivity index (χ1) is 5.40. The van der Waals surface area contributed by atoms with Crippen LogP contribution in [0, 0.1) is 11.3 Å². The molecule has 0 saturated carbocycles. The van der Waals surface area contributed by atoms with Crippen molar-refractivity contribution >= 4 is 5.65 Å². The van der Waals surface area contributed by atoms with Gasteiger partial charge in [-0.2, -0.15) is 5.26 Å². The third kappa shape index (κ3) is 0.829. The fourth-order valence-corrected chi connectivity index (χ4v) is 0.873. The lowest BCUT2D eigenvalue weighted by Gasteiger charge is -1.90. The van der Waals surface area contributed by atoms with Gasteiger partial charge in [0.05, 0.1) is 6.20 Å². The van der Waals surface area contributed by atoms with Crippen molar-refractivity contribution < 1.29 is 0 Å². The second kappa shape index (κ2) is 2.06. The number of hydrogen-bond donors (Lipinski definition) is 0. The van der Waals surface area contributed by atoms with E-state index in [4.69, 9.17) is 5.26 Å². The van der Waals surface area contributed by atoms with Crippen molar-refractivity contribution in [1.82, 2.24) is 14.4 Å². The molecule has 0 saturated heterocycles. The monoisotopic (exact) mass is 144 g/mol. The Kier molecular flexibility index (Phi) is 1.10. The van der Waals surface area contributed by atoms with Gasteiger partial charge in [0.1, 0.15) is 18.1 Å². The third-order valence-electron chi connectivity index (χ3n) is 1.39. The molecule has 4 nitrogen and oxygen atoms in total. The van der Waals surface area contributed by atoms with Gasteiger partial charge < -0.3 is 0 Å². The third-order valence-corrected chi connectivity index (χ3v) is 1.39. The molecule has 2 rings (SSSR count). The number of aromatic nitrogens is 3. The molecule has 0 radical (unpaired) electrons. The number of nitriles is 1. The van der Waals surface area contributed by atoms with E-state index in [1.165, 1.54) is 0 Å². The van der Waals surface area contributed by atoms with E-state index >= 15 is 0 Å². The molecule has 0 amide bonds. The van der Waals surface area contributed by atoms with Crippen LogP contribution in [0.5, 0.6) is 0 Å². The van der Waals surface area contributed by atoms with Gasteiger partial charge in [0, 0.05) is 6.20 Å². The molecule has 0 aliphatic carbocycles. The molecular formula is C7H4N4. The van der Waals surface area contributed by atoms with Crippen molar-refractivity contribution in [2.24, 2.45) is 0 Å². The van der Waals surface area contributed by atoms with Crippen LogP contribution in [-0.2, 0) is 0 Å². The SMILES string of the molecule is N#Cc1ccn2cncc2n1. The number of nitrogens with zero attached hydrogens (tertiary/aromatic N) is 4. The van der Waals surface area contributed by atoms with E-state index in [1.807, 2.05) is 6.07 Å². The van der Waals surface area contributed by atoms with Gasteiger partial charge in [0.2, 0.25) is 0 Å². The zero-order valence-corrected chi connectivity index (χ0v) is 5.60. The summed E-state index contributed by atoms with van der Waals surface area (Å²) in [6.45, 7) is 0. The van der Waals surface area contributed by atoms with Gasteiger partial charge in [-0.25, -0.2) is 9.97 Å². The minimum atomic E-state index is 0.415. The fourth-order valence-electron chi connectivity index (χ4n) is 0.873. The minimum Gasteiger partial charge on any atom is -0.291 e. The zero-order chi connectivity index (χ0) is 7.68. The van der Waals surface area contributed by atoms with Crippen molar-refractivity contribution in [1.29, 1.82) is 5.26 Å². The molecule has 0 N–H and O–H groups in total. The van der Waals surface area contributed by atoms with Crippen molar-refractivity contribution in [3.63, 3.8) is 0 Å². The first-order valence-corrected chi connectivity index (χ1v) is 3.09. The summed E-state index contributed by atoms with van der Waals surface area (Å²) in [5.41, 5.74) is 1.11. The van der Waals surface area contributed by atoms with Crippen LogP contribution in [-0.4, -0.2) is 14.4 Å². The summed E-state index contributed by atoms with van der Waals surface area (Å²) in [6, 6.07) is 3.60. The average Bonchev–Trinajstić information content (AvgIpc) is 2.50. The summed E-state index contributed by atoms with van der Waals surface area (Å²) in [7, 11) is 0. The van der Waals surface area contributed by atoms with Gasteiger partial charge in [-0.15, -0.1) is 0 Å². The Balaban J connectivity index is 2.79. The predicted molar refractivity (Wildman–Crippen MR) is 37.7 cm³/mol. The maximum absolute atomic E-state index is 8.49. The van der Waals surface area contributed by atoms with Crippen LogP contribution in [0.15, 0.2) is 24.8 Å². The molecule has 2 aromatic rings. The first kappa shape index (κ1) is 5.86. The summed E-state index contributed by atoms with van der Waals surface area (Å²) < 4.78 is 1.75. The van der Waals surface area contributed by atoms with Crippen LogP contribution in [0.25, 0.3) is 5.65 Å². The number of hydrogen-bond acceptors (Lipinski definition) is 3. The summed E-state index contributed by atoms with van der Waals surface area (Å²) >= 11 is 0. The molecule has 0 aliphatic rings. The van der Waals surface area contributed by atoms with Crippen molar-refractivity contribution in [3.05, 3.63) is 30.5 Å². The highest BCUT2D eigenvalue weighted by atomic mass is 15.0. The van der Waals surface area contributed by atoms with Gasteiger partial charge in [0.15, 0.2) is 5.65 Å². The molecule has 2 heterocycles. The molecule has 4 heteroatoms. The van der Waals surface area contributed by atoms with Gasteiger partial charge in [-0.05, 0) is 6.07 Å². The molecule has 52 valence electrons. The Hall–Kier alpha value is -1.89. The number of rotatable bonds is 0. The number of imidazole rings is 1. The molecule has 11 heavy (non-hydrogen) atoms. The van der Waals surface area contributed by atoms with E-state index in [9.17, 15) is 0 Å². The normalized spacial score (nSPS) is 9.73. The Morgan fingerprint density at radius 2 is 2.45 bits per heavy atom. The fraction of sp³-hybridized carbons (Fsp3) is 0. The predicted octanol–water partition coefficient (Wildman–Crippen LogP) is 0.601. The van der Waals surface area contributed by atoms with Crippen LogP contribution in [0.1, 0.15) is 5.69 Å². The van der Waals surface area contributed by atoms with Crippen LogP contribution in [0.4, 0.5) is 0 Å². The summed E-state index contributed by atoms with van der Waals surface area (Å²) in [5, 5.41) is 8.49. The van der Waals surface area contributed by atoms with Crippen LogP contribution >= 0.6 is 0 Å². The lowest BCUT2D eigenvalue weighted by molar-refractivity contribution is 1.10. The first-order valence-electron chi connectivity index (χ1n) is 3.09. The Labute approximate surface area is 62.7 Å².